The van der Waals surface area contributed by atoms with Gasteiger partial charge < -0.3 is 25.2 Å². The zero-order chi connectivity index (χ0) is 17.4. The van der Waals surface area contributed by atoms with Crippen molar-refractivity contribution in [2.24, 2.45) is 0 Å². The molecule has 0 saturated carbocycles. The van der Waals surface area contributed by atoms with Gasteiger partial charge in [0.1, 0.15) is 11.4 Å². The lowest BCUT2D eigenvalue weighted by Crippen LogP contribution is -2.32. The number of aliphatic hydroxyl groups is 1. The fourth-order valence-electron chi connectivity index (χ4n) is 2.15. The van der Waals surface area contributed by atoms with Crippen LogP contribution in [0.2, 0.25) is 0 Å². The van der Waals surface area contributed by atoms with Crippen LogP contribution < -0.4 is 20.1 Å². The first-order valence-corrected chi connectivity index (χ1v) is 7.59. The maximum absolute atomic E-state index is 12.0. The largest absolute Gasteiger partial charge is 0.496 e. The Balaban J connectivity index is 1.94. The molecule has 1 atom stereocenters. The molecule has 2 aromatic rings. The Morgan fingerprint density at radius 2 is 2.08 bits per heavy atom. The average Bonchev–Trinajstić information content (AvgIpc) is 2.61. The van der Waals surface area contributed by atoms with Crippen LogP contribution in [0.3, 0.4) is 0 Å². The summed E-state index contributed by atoms with van der Waals surface area (Å²) in [6.45, 7) is 2.32. The van der Waals surface area contributed by atoms with Crippen LogP contribution in [-0.4, -0.2) is 36.4 Å². The SMILES string of the molecule is CCOc1ncccc1NC(=O)NCC(O)c1ccccc1OC. The number of amides is 2. The topological polar surface area (TPSA) is 92.7 Å². The number of pyridine rings is 1. The number of hydrogen-bond acceptors (Lipinski definition) is 5. The number of ether oxygens (including phenoxy) is 2. The van der Waals surface area contributed by atoms with E-state index in [4.69, 9.17) is 9.47 Å². The lowest BCUT2D eigenvalue weighted by Gasteiger charge is -2.16. The summed E-state index contributed by atoms with van der Waals surface area (Å²) >= 11 is 0. The molecule has 24 heavy (non-hydrogen) atoms. The molecule has 1 aromatic heterocycles. The van der Waals surface area contributed by atoms with E-state index in [-0.39, 0.29) is 6.54 Å². The van der Waals surface area contributed by atoms with E-state index in [1.807, 2.05) is 13.0 Å². The number of anilines is 1. The van der Waals surface area contributed by atoms with Gasteiger partial charge in [-0.05, 0) is 25.1 Å². The van der Waals surface area contributed by atoms with Gasteiger partial charge in [0.25, 0.3) is 0 Å². The molecule has 7 nitrogen and oxygen atoms in total. The predicted octanol–water partition coefficient (Wildman–Crippen LogP) is 2.34. The average molecular weight is 331 g/mol. The van der Waals surface area contributed by atoms with Crippen molar-refractivity contribution in [2.45, 2.75) is 13.0 Å². The summed E-state index contributed by atoms with van der Waals surface area (Å²) in [6.07, 6.45) is 0.701. The second-order valence-corrected chi connectivity index (χ2v) is 4.88. The Labute approximate surface area is 140 Å². The van der Waals surface area contributed by atoms with E-state index in [0.717, 1.165) is 0 Å². The molecule has 128 valence electrons. The third kappa shape index (κ3) is 4.60. The van der Waals surface area contributed by atoms with Crippen LogP contribution >= 0.6 is 0 Å². The highest BCUT2D eigenvalue weighted by Crippen LogP contribution is 2.24. The van der Waals surface area contributed by atoms with Crippen molar-refractivity contribution >= 4 is 11.7 Å². The Bertz CT molecular complexity index is 678. The van der Waals surface area contributed by atoms with Crippen LogP contribution in [0.15, 0.2) is 42.6 Å². The van der Waals surface area contributed by atoms with Crippen LogP contribution in [0.4, 0.5) is 10.5 Å². The van der Waals surface area contributed by atoms with Crippen LogP contribution in [-0.2, 0) is 0 Å². The summed E-state index contributed by atoms with van der Waals surface area (Å²) in [5.74, 6) is 0.915. The van der Waals surface area contributed by atoms with Crippen molar-refractivity contribution in [3.63, 3.8) is 0 Å². The number of rotatable bonds is 7. The Morgan fingerprint density at radius 3 is 2.83 bits per heavy atom. The monoisotopic (exact) mass is 331 g/mol. The van der Waals surface area contributed by atoms with Crippen molar-refractivity contribution < 1.29 is 19.4 Å². The van der Waals surface area contributed by atoms with Gasteiger partial charge >= 0.3 is 6.03 Å². The maximum atomic E-state index is 12.0. The number of hydrogen-bond donors (Lipinski definition) is 3. The quantitative estimate of drug-likeness (QED) is 0.724. The summed E-state index contributed by atoms with van der Waals surface area (Å²) in [6, 6.07) is 10.0. The number of para-hydroxylation sites is 1. The normalized spacial score (nSPS) is 11.5. The molecule has 0 aliphatic carbocycles. The highest BCUT2D eigenvalue weighted by Gasteiger charge is 2.14. The maximum Gasteiger partial charge on any atom is 0.319 e. The molecule has 1 heterocycles. The minimum atomic E-state index is -0.882. The van der Waals surface area contributed by atoms with Gasteiger partial charge in [0, 0.05) is 18.3 Å². The van der Waals surface area contributed by atoms with Crippen molar-refractivity contribution in [2.75, 3.05) is 25.6 Å². The minimum absolute atomic E-state index is 0.0381. The van der Waals surface area contributed by atoms with Crippen LogP contribution in [0.5, 0.6) is 11.6 Å². The van der Waals surface area contributed by atoms with E-state index in [1.165, 1.54) is 7.11 Å². The number of nitrogens with one attached hydrogen (secondary N) is 2. The number of carbonyl (C=O) groups excluding carboxylic acids is 1. The molecule has 3 N–H and O–H groups in total. The van der Waals surface area contributed by atoms with Gasteiger partial charge in [-0.15, -0.1) is 0 Å². The lowest BCUT2D eigenvalue weighted by atomic mass is 10.1. The summed E-state index contributed by atoms with van der Waals surface area (Å²) in [7, 11) is 1.53. The van der Waals surface area contributed by atoms with Crippen molar-refractivity contribution in [1.82, 2.24) is 10.3 Å². The first-order valence-electron chi connectivity index (χ1n) is 7.59. The summed E-state index contributed by atoms with van der Waals surface area (Å²) in [5, 5.41) is 15.5. The smallest absolute Gasteiger partial charge is 0.319 e. The molecule has 0 aliphatic heterocycles. The van der Waals surface area contributed by atoms with Crippen LogP contribution in [0, 0.1) is 0 Å². The van der Waals surface area contributed by atoms with Gasteiger partial charge in [-0.2, -0.15) is 0 Å². The Morgan fingerprint density at radius 1 is 1.29 bits per heavy atom. The van der Waals surface area contributed by atoms with Gasteiger partial charge in [-0.3, -0.25) is 0 Å². The van der Waals surface area contributed by atoms with Crippen molar-refractivity contribution in [3.8, 4) is 11.6 Å². The number of benzene rings is 1. The Kier molecular flexibility index (Phi) is 6.39. The van der Waals surface area contributed by atoms with E-state index in [9.17, 15) is 9.90 Å². The van der Waals surface area contributed by atoms with E-state index in [2.05, 4.69) is 15.6 Å². The zero-order valence-corrected chi connectivity index (χ0v) is 13.7. The van der Waals surface area contributed by atoms with Crippen molar-refractivity contribution in [3.05, 3.63) is 48.2 Å². The second-order valence-electron chi connectivity index (χ2n) is 4.88. The van der Waals surface area contributed by atoms with Crippen LogP contribution in [0.25, 0.3) is 0 Å². The molecule has 0 saturated heterocycles. The fourth-order valence-corrected chi connectivity index (χ4v) is 2.15. The molecule has 0 bridgehead atoms. The van der Waals surface area contributed by atoms with Gasteiger partial charge in [-0.25, -0.2) is 9.78 Å². The van der Waals surface area contributed by atoms with E-state index >= 15 is 0 Å². The minimum Gasteiger partial charge on any atom is -0.496 e. The molecule has 0 fully saturated rings. The summed E-state index contributed by atoms with van der Waals surface area (Å²) in [5.41, 5.74) is 1.07. The molecular formula is C17H21N3O4. The molecular weight excluding hydrogens is 310 g/mol. The zero-order valence-electron chi connectivity index (χ0n) is 13.7. The number of aromatic nitrogens is 1. The molecule has 0 aliphatic rings. The van der Waals surface area contributed by atoms with Crippen molar-refractivity contribution in [1.29, 1.82) is 0 Å². The second kappa shape index (κ2) is 8.73. The number of methoxy groups -OCH3 is 1. The highest BCUT2D eigenvalue weighted by atomic mass is 16.5. The molecule has 7 heteroatoms. The van der Waals surface area contributed by atoms with E-state index in [1.54, 1.807) is 36.5 Å². The fraction of sp³-hybridized carbons (Fsp3) is 0.294. The van der Waals surface area contributed by atoms with Gasteiger partial charge in [0.2, 0.25) is 5.88 Å². The summed E-state index contributed by atoms with van der Waals surface area (Å²) in [4.78, 5) is 16.1. The molecule has 2 amide bonds. The first kappa shape index (κ1) is 17.6. The molecule has 1 aromatic carbocycles. The lowest BCUT2D eigenvalue weighted by molar-refractivity contribution is 0.171. The number of nitrogens with zero attached hydrogens (tertiary/aromatic N) is 1. The van der Waals surface area contributed by atoms with Crippen LogP contribution in [0.1, 0.15) is 18.6 Å². The molecule has 1 unspecified atom stereocenters. The van der Waals surface area contributed by atoms with Gasteiger partial charge in [0.15, 0.2) is 0 Å². The number of urea groups is 1. The number of aliphatic hydroxyl groups excluding tert-OH is 1. The molecule has 0 spiro atoms. The third-order valence-electron chi connectivity index (χ3n) is 3.25. The van der Waals surface area contributed by atoms with E-state index < -0.39 is 12.1 Å². The third-order valence-corrected chi connectivity index (χ3v) is 3.25. The molecule has 0 radical (unpaired) electrons. The first-order chi connectivity index (χ1) is 11.7. The standard InChI is InChI=1S/C17H21N3O4/c1-3-24-16-13(8-6-10-18-16)20-17(22)19-11-14(21)12-7-4-5-9-15(12)23-2/h4-10,14,21H,3,11H2,1-2H3,(H2,19,20,22). The van der Waals surface area contributed by atoms with Gasteiger partial charge in [0.05, 0.1) is 19.8 Å². The summed E-state index contributed by atoms with van der Waals surface area (Å²) < 4.78 is 10.5. The van der Waals surface area contributed by atoms with Gasteiger partial charge in [-0.1, -0.05) is 18.2 Å². The number of carbonyl (C=O) groups is 1. The molecule has 2 rings (SSSR count). The predicted molar refractivity (Wildman–Crippen MR) is 90.4 cm³/mol. The highest BCUT2D eigenvalue weighted by molar-refractivity contribution is 5.90. The van der Waals surface area contributed by atoms with E-state index in [0.29, 0.717) is 29.5 Å². The Hall–Kier alpha value is -2.80.